The SMILES string of the molecule is Nc1nc(NCCOCCO)nc(C2CC3CCC2(c2nc(N)nc(N)n2)C3)n1. The van der Waals surface area contributed by atoms with Crippen LogP contribution in [0.3, 0.4) is 0 Å². The number of aliphatic hydroxyl groups excluding tert-OH is 1. The molecule has 4 rings (SSSR count). The van der Waals surface area contributed by atoms with Crippen molar-refractivity contribution in [2.24, 2.45) is 5.92 Å². The van der Waals surface area contributed by atoms with Gasteiger partial charge in [0.05, 0.1) is 19.8 Å². The molecule has 0 aliphatic heterocycles. The maximum atomic E-state index is 8.76. The van der Waals surface area contributed by atoms with E-state index < -0.39 is 0 Å². The van der Waals surface area contributed by atoms with Crippen LogP contribution in [0.25, 0.3) is 0 Å². The molecule has 3 atom stereocenters. The fourth-order valence-corrected chi connectivity index (χ4v) is 4.65. The molecule has 2 aromatic rings. The highest BCUT2D eigenvalue weighted by Crippen LogP contribution is 2.61. The van der Waals surface area contributed by atoms with Crippen LogP contribution in [0.15, 0.2) is 0 Å². The zero-order valence-corrected chi connectivity index (χ0v) is 16.1. The average Bonchev–Trinajstić information content (AvgIpc) is 3.27. The first kappa shape index (κ1) is 19.5. The van der Waals surface area contributed by atoms with Crippen molar-refractivity contribution < 1.29 is 9.84 Å². The number of aromatic nitrogens is 6. The van der Waals surface area contributed by atoms with Gasteiger partial charge in [0.2, 0.25) is 23.8 Å². The minimum atomic E-state index is -0.328. The van der Waals surface area contributed by atoms with Crippen LogP contribution in [0, 0.1) is 5.92 Å². The van der Waals surface area contributed by atoms with Crippen molar-refractivity contribution in [3.63, 3.8) is 0 Å². The fraction of sp³-hybridized carbons (Fsp3) is 0.647. The van der Waals surface area contributed by atoms with Crippen LogP contribution in [0.5, 0.6) is 0 Å². The number of anilines is 4. The average molecular weight is 402 g/mol. The lowest BCUT2D eigenvalue weighted by Gasteiger charge is -2.32. The normalized spacial score (nSPS) is 25.4. The molecule has 2 aliphatic rings. The number of nitrogens with zero attached hydrogens (tertiary/aromatic N) is 6. The largest absolute Gasteiger partial charge is 0.394 e. The highest BCUT2D eigenvalue weighted by atomic mass is 16.5. The van der Waals surface area contributed by atoms with E-state index in [1.165, 1.54) is 0 Å². The second-order valence-corrected chi connectivity index (χ2v) is 7.57. The van der Waals surface area contributed by atoms with Gasteiger partial charge in [-0.05, 0) is 31.6 Å². The number of nitrogen functional groups attached to an aromatic ring is 3. The second-order valence-electron chi connectivity index (χ2n) is 7.57. The highest BCUT2D eigenvalue weighted by molar-refractivity contribution is 5.37. The minimum Gasteiger partial charge on any atom is -0.394 e. The molecule has 0 amide bonds. The Morgan fingerprint density at radius 3 is 2.48 bits per heavy atom. The van der Waals surface area contributed by atoms with Crippen molar-refractivity contribution in [1.29, 1.82) is 0 Å². The Hall–Kier alpha value is -2.86. The van der Waals surface area contributed by atoms with Gasteiger partial charge in [-0.3, -0.25) is 0 Å². The quantitative estimate of drug-likeness (QED) is 0.354. The van der Waals surface area contributed by atoms with Gasteiger partial charge in [-0.15, -0.1) is 0 Å². The van der Waals surface area contributed by atoms with E-state index in [9.17, 15) is 0 Å². The third kappa shape index (κ3) is 3.85. The fourth-order valence-electron chi connectivity index (χ4n) is 4.65. The molecule has 12 nitrogen and oxygen atoms in total. The first-order chi connectivity index (χ1) is 14.0. The lowest BCUT2D eigenvalue weighted by molar-refractivity contribution is 0.0991. The number of rotatable bonds is 8. The van der Waals surface area contributed by atoms with Gasteiger partial charge < -0.3 is 32.4 Å². The summed E-state index contributed by atoms with van der Waals surface area (Å²) in [6.07, 6.45) is 3.86. The predicted octanol–water partition coefficient (Wildman–Crippen LogP) is -0.551. The molecule has 3 unspecified atom stereocenters. The monoisotopic (exact) mass is 402 g/mol. The van der Waals surface area contributed by atoms with Crippen LogP contribution in [-0.4, -0.2) is 61.4 Å². The summed E-state index contributed by atoms with van der Waals surface area (Å²) >= 11 is 0. The Morgan fingerprint density at radius 1 is 1.00 bits per heavy atom. The lowest BCUT2D eigenvalue weighted by atomic mass is 9.73. The topological polar surface area (TPSA) is 197 Å². The standard InChI is InChI=1S/C17H26N10O2/c18-13-22-11(23-16(27-13)21-3-5-29-6-4-28)10-7-9-1-2-17(10,8-9)12-24-14(19)26-15(20)25-12/h9-10,28H,1-8H2,(H3,18,21,22,23,27)(H4,19,20,24,25,26). The summed E-state index contributed by atoms with van der Waals surface area (Å²) in [6.45, 7) is 1.18. The van der Waals surface area contributed by atoms with E-state index in [4.69, 9.17) is 27.0 Å². The van der Waals surface area contributed by atoms with Crippen molar-refractivity contribution in [2.75, 3.05) is 48.9 Å². The van der Waals surface area contributed by atoms with Crippen LogP contribution in [0.4, 0.5) is 23.8 Å². The van der Waals surface area contributed by atoms with E-state index in [2.05, 4.69) is 35.2 Å². The molecule has 2 heterocycles. The van der Waals surface area contributed by atoms with Crippen molar-refractivity contribution in [3.05, 3.63) is 11.6 Å². The van der Waals surface area contributed by atoms with E-state index in [0.717, 1.165) is 25.7 Å². The number of ether oxygens (including phenoxy) is 1. The van der Waals surface area contributed by atoms with Gasteiger partial charge >= 0.3 is 0 Å². The summed E-state index contributed by atoms with van der Waals surface area (Å²) < 4.78 is 5.24. The van der Waals surface area contributed by atoms with Gasteiger partial charge in [0.15, 0.2) is 0 Å². The summed E-state index contributed by atoms with van der Waals surface area (Å²) in [5.74, 6) is 2.57. The molecule has 0 saturated heterocycles. The molecule has 156 valence electrons. The van der Waals surface area contributed by atoms with E-state index in [0.29, 0.717) is 36.7 Å². The van der Waals surface area contributed by atoms with Crippen molar-refractivity contribution in [3.8, 4) is 0 Å². The van der Waals surface area contributed by atoms with E-state index in [1.807, 2.05) is 0 Å². The number of hydrogen-bond donors (Lipinski definition) is 5. The molecule has 2 aliphatic carbocycles. The van der Waals surface area contributed by atoms with Crippen LogP contribution in [0.2, 0.25) is 0 Å². The van der Waals surface area contributed by atoms with E-state index in [1.54, 1.807) is 0 Å². The smallest absolute Gasteiger partial charge is 0.227 e. The molecule has 2 saturated carbocycles. The van der Waals surface area contributed by atoms with Gasteiger partial charge in [0, 0.05) is 17.9 Å². The van der Waals surface area contributed by atoms with Crippen LogP contribution in [-0.2, 0) is 10.2 Å². The molecular formula is C17H26N10O2. The summed E-state index contributed by atoms with van der Waals surface area (Å²) in [5, 5.41) is 11.8. The van der Waals surface area contributed by atoms with Crippen LogP contribution in [0.1, 0.15) is 43.3 Å². The zero-order valence-electron chi connectivity index (χ0n) is 16.1. The molecule has 0 spiro atoms. The van der Waals surface area contributed by atoms with Crippen molar-refractivity contribution in [1.82, 2.24) is 29.9 Å². The Balaban J connectivity index is 1.60. The molecule has 2 aromatic heterocycles. The molecule has 29 heavy (non-hydrogen) atoms. The van der Waals surface area contributed by atoms with Gasteiger partial charge in [-0.25, -0.2) is 0 Å². The van der Waals surface area contributed by atoms with Crippen LogP contribution < -0.4 is 22.5 Å². The second kappa shape index (κ2) is 7.87. The minimum absolute atomic E-state index is 0.000982. The summed E-state index contributed by atoms with van der Waals surface area (Å²) in [7, 11) is 0. The van der Waals surface area contributed by atoms with Gasteiger partial charge in [-0.1, -0.05) is 0 Å². The predicted molar refractivity (Wildman–Crippen MR) is 106 cm³/mol. The molecule has 0 aromatic carbocycles. The van der Waals surface area contributed by atoms with Crippen molar-refractivity contribution >= 4 is 23.8 Å². The Bertz CT molecular complexity index is 861. The van der Waals surface area contributed by atoms with Crippen molar-refractivity contribution in [2.45, 2.75) is 37.0 Å². The number of hydrogen-bond acceptors (Lipinski definition) is 12. The first-order valence-electron chi connectivity index (χ1n) is 9.71. The summed E-state index contributed by atoms with van der Waals surface area (Å²) in [5.41, 5.74) is 17.3. The first-order valence-corrected chi connectivity index (χ1v) is 9.71. The van der Waals surface area contributed by atoms with E-state index in [-0.39, 0.29) is 42.4 Å². The molecule has 8 N–H and O–H groups in total. The zero-order chi connectivity index (χ0) is 20.4. The molecule has 2 fully saturated rings. The van der Waals surface area contributed by atoms with Gasteiger partial charge in [0.1, 0.15) is 11.6 Å². The summed E-state index contributed by atoms with van der Waals surface area (Å²) in [6, 6.07) is 0. The Labute approximate surface area is 167 Å². The van der Waals surface area contributed by atoms with Gasteiger partial charge in [0.25, 0.3) is 0 Å². The number of nitrogens with two attached hydrogens (primary N) is 3. The lowest BCUT2D eigenvalue weighted by Crippen LogP contribution is -2.33. The Morgan fingerprint density at radius 2 is 1.76 bits per heavy atom. The molecule has 0 radical (unpaired) electrons. The van der Waals surface area contributed by atoms with Gasteiger partial charge in [-0.2, -0.15) is 29.9 Å². The maximum absolute atomic E-state index is 8.76. The summed E-state index contributed by atoms with van der Waals surface area (Å²) in [4.78, 5) is 25.9. The maximum Gasteiger partial charge on any atom is 0.227 e. The highest BCUT2D eigenvalue weighted by Gasteiger charge is 2.56. The number of nitrogens with one attached hydrogen (secondary N) is 1. The Kier molecular flexibility index (Phi) is 5.28. The third-order valence-electron chi connectivity index (χ3n) is 5.75. The molecule has 12 heteroatoms. The molecular weight excluding hydrogens is 376 g/mol. The van der Waals surface area contributed by atoms with Crippen LogP contribution >= 0.6 is 0 Å². The molecule has 2 bridgehead atoms. The third-order valence-corrected chi connectivity index (χ3v) is 5.75. The number of aliphatic hydroxyl groups is 1. The number of fused-ring (bicyclic) bond motifs is 2. The van der Waals surface area contributed by atoms with E-state index >= 15 is 0 Å².